The minimum atomic E-state index is 0.594. The Morgan fingerprint density at radius 2 is 1.33 bits per heavy atom. The molecule has 6 heavy (non-hydrogen) atoms. The molecule has 0 unspecified atom stereocenters. The molecule has 0 spiro atoms. The van der Waals surface area contributed by atoms with Crippen LogP contribution in [0.3, 0.4) is 0 Å². The van der Waals surface area contributed by atoms with Crippen LogP contribution in [0.4, 0.5) is 0 Å². The fourth-order valence-corrected chi connectivity index (χ4v) is 0.192. The number of hydrogen-bond donors (Lipinski definition) is 0. The van der Waals surface area contributed by atoms with Gasteiger partial charge in [0, 0.05) is 0 Å². The summed E-state index contributed by atoms with van der Waals surface area (Å²) in [7, 11) is 10.1. The van der Waals surface area contributed by atoms with Crippen LogP contribution in [0.1, 0.15) is 0 Å². The Hall–Kier alpha value is -0.130. The first-order chi connectivity index (χ1) is 2.91. The maximum atomic E-state index is 5.07. The third-order valence-electron chi connectivity index (χ3n) is 0.439. The standard InChI is InChI=1S/C4H6B2/c5-3-1-2-4-6/h1-2H,3-4H2/b2-1-. The van der Waals surface area contributed by atoms with Crippen LogP contribution in [0.15, 0.2) is 12.2 Å². The summed E-state index contributed by atoms with van der Waals surface area (Å²) in [5.41, 5.74) is 0. The van der Waals surface area contributed by atoms with Crippen LogP contribution in [0, 0.1) is 0 Å². The summed E-state index contributed by atoms with van der Waals surface area (Å²) >= 11 is 0. The summed E-state index contributed by atoms with van der Waals surface area (Å²) in [6.07, 6.45) is 4.86. The predicted molar refractivity (Wildman–Crippen MR) is 30.3 cm³/mol. The molecule has 0 aromatic rings. The first-order valence-corrected chi connectivity index (χ1v) is 1.97. The molecular formula is C4H6B2. The normalized spacial score (nSPS) is 10.0. The second-order valence-electron chi connectivity index (χ2n) is 0.943. The Kier molecular flexibility index (Phi) is 4.76. The van der Waals surface area contributed by atoms with Gasteiger partial charge in [0.2, 0.25) is 0 Å². The lowest BCUT2D eigenvalue weighted by Crippen LogP contribution is -1.58. The van der Waals surface area contributed by atoms with E-state index in [0.717, 1.165) is 0 Å². The Balaban J connectivity index is 2.73. The summed E-state index contributed by atoms with van der Waals surface area (Å²) in [6.45, 7) is 0. The molecule has 0 aliphatic rings. The van der Waals surface area contributed by atoms with Crippen molar-refractivity contribution in [2.24, 2.45) is 0 Å². The summed E-state index contributed by atoms with van der Waals surface area (Å²) in [6, 6.07) is 0. The van der Waals surface area contributed by atoms with Crippen LogP contribution < -0.4 is 0 Å². The highest BCUT2D eigenvalue weighted by Crippen LogP contribution is 1.78. The van der Waals surface area contributed by atoms with Crippen LogP contribution in [-0.4, -0.2) is 15.7 Å². The largest absolute Gasteiger partial charge is 0.0979 e. The molecule has 0 bridgehead atoms. The SMILES string of the molecule is [B]C/C=C\C[B]. The van der Waals surface area contributed by atoms with Gasteiger partial charge in [-0.2, -0.15) is 0 Å². The highest BCUT2D eigenvalue weighted by Gasteiger charge is 1.60. The Morgan fingerprint density at radius 1 is 1.00 bits per heavy atom. The summed E-state index contributed by atoms with van der Waals surface area (Å²) < 4.78 is 0. The van der Waals surface area contributed by atoms with E-state index in [1.807, 2.05) is 12.2 Å². The third-order valence-corrected chi connectivity index (χ3v) is 0.439. The molecule has 0 saturated heterocycles. The minimum absolute atomic E-state index is 0.594. The van der Waals surface area contributed by atoms with E-state index in [1.165, 1.54) is 0 Å². The van der Waals surface area contributed by atoms with Crippen molar-refractivity contribution in [3.05, 3.63) is 12.2 Å². The molecular weight excluding hydrogens is 69.7 g/mol. The van der Waals surface area contributed by atoms with E-state index < -0.39 is 0 Å². The van der Waals surface area contributed by atoms with E-state index in [4.69, 9.17) is 15.7 Å². The van der Waals surface area contributed by atoms with Crippen LogP contribution in [0.5, 0.6) is 0 Å². The lowest BCUT2D eigenvalue weighted by molar-refractivity contribution is 1.61. The van der Waals surface area contributed by atoms with Crippen molar-refractivity contribution in [3.8, 4) is 0 Å². The first kappa shape index (κ1) is 5.87. The van der Waals surface area contributed by atoms with Crippen molar-refractivity contribution in [1.82, 2.24) is 0 Å². The molecule has 0 heterocycles. The average Bonchev–Trinajstić information content (AvgIpc) is 1.61. The summed E-state index contributed by atoms with van der Waals surface area (Å²) in [4.78, 5) is 0. The van der Waals surface area contributed by atoms with Crippen molar-refractivity contribution >= 4 is 15.7 Å². The molecule has 0 aliphatic carbocycles. The molecule has 0 amide bonds. The monoisotopic (exact) mass is 76.1 g/mol. The van der Waals surface area contributed by atoms with Gasteiger partial charge in [-0.15, -0.1) is 0 Å². The fraction of sp³-hybridized carbons (Fsp3) is 0.500. The molecule has 2 heteroatoms. The van der Waals surface area contributed by atoms with Gasteiger partial charge in [0.25, 0.3) is 0 Å². The number of rotatable bonds is 2. The average molecular weight is 75.7 g/mol. The van der Waals surface area contributed by atoms with Crippen molar-refractivity contribution in [1.29, 1.82) is 0 Å². The molecule has 0 rings (SSSR count). The van der Waals surface area contributed by atoms with Crippen molar-refractivity contribution < 1.29 is 0 Å². The van der Waals surface area contributed by atoms with Crippen LogP contribution in [0.25, 0.3) is 0 Å². The molecule has 4 radical (unpaired) electrons. The van der Waals surface area contributed by atoms with E-state index in [1.54, 1.807) is 0 Å². The summed E-state index contributed by atoms with van der Waals surface area (Å²) in [5, 5.41) is 0. The lowest BCUT2D eigenvalue weighted by atomic mass is 10.0. The van der Waals surface area contributed by atoms with E-state index in [9.17, 15) is 0 Å². The van der Waals surface area contributed by atoms with Gasteiger partial charge in [0.15, 0.2) is 0 Å². The zero-order valence-electron chi connectivity index (χ0n) is 3.72. The van der Waals surface area contributed by atoms with Crippen molar-refractivity contribution in [2.75, 3.05) is 0 Å². The van der Waals surface area contributed by atoms with Crippen molar-refractivity contribution in [3.63, 3.8) is 0 Å². The highest BCUT2D eigenvalue weighted by molar-refractivity contribution is 6.10. The number of allylic oxidation sites excluding steroid dienone is 2. The van der Waals surface area contributed by atoms with Gasteiger partial charge in [-0.05, 0) is 0 Å². The number of hydrogen-bond acceptors (Lipinski definition) is 0. The summed E-state index contributed by atoms with van der Waals surface area (Å²) in [5.74, 6) is 0. The molecule has 0 N–H and O–H groups in total. The smallest absolute Gasteiger partial charge is 0.0708 e. The Morgan fingerprint density at radius 3 is 1.50 bits per heavy atom. The second kappa shape index (κ2) is 4.87. The maximum absolute atomic E-state index is 5.07. The molecule has 0 aromatic heterocycles. The van der Waals surface area contributed by atoms with Crippen molar-refractivity contribution in [2.45, 2.75) is 12.6 Å². The molecule has 0 fully saturated rings. The van der Waals surface area contributed by atoms with Gasteiger partial charge in [0.05, 0.1) is 15.7 Å². The van der Waals surface area contributed by atoms with Crippen LogP contribution >= 0.6 is 0 Å². The van der Waals surface area contributed by atoms with E-state index >= 15 is 0 Å². The predicted octanol–water partition coefficient (Wildman–Crippen LogP) is 0.716. The van der Waals surface area contributed by atoms with Gasteiger partial charge in [-0.3, -0.25) is 0 Å². The first-order valence-electron chi connectivity index (χ1n) is 1.97. The molecule has 0 aliphatic heterocycles. The highest BCUT2D eigenvalue weighted by atomic mass is 13.6. The molecule has 0 atom stereocenters. The van der Waals surface area contributed by atoms with Gasteiger partial charge >= 0.3 is 0 Å². The van der Waals surface area contributed by atoms with Crippen LogP contribution in [-0.2, 0) is 0 Å². The van der Waals surface area contributed by atoms with Gasteiger partial charge in [-0.25, -0.2) is 0 Å². The molecule has 0 nitrogen and oxygen atoms in total. The van der Waals surface area contributed by atoms with Gasteiger partial charge in [0.1, 0.15) is 0 Å². The third kappa shape index (κ3) is 3.87. The second-order valence-corrected chi connectivity index (χ2v) is 0.943. The molecule has 0 saturated carbocycles. The zero-order valence-corrected chi connectivity index (χ0v) is 3.72. The molecule has 28 valence electrons. The van der Waals surface area contributed by atoms with Gasteiger partial charge < -0.3 is 0 Å². The van der Waals surface area contributed by atoms with Crippen LogP contribution in [0.2, 0.25) is 12.6 Å². The van der Waals surface area contributed by atoms with Gasteiger partial charge in [-0.1, -0.05) is 24.8 Å². The molecule has 0 aromatic carbocycles. The van der Waals surface area contributed by atoms with E-state index in [0.29, 0.717) is 12.6 Å². The lowest BCUT2D eigenvalue weighted by Gasteiger charge is -1.72. The van der Waals surface area contributed by atoms with E-state index in [-0.39, 0.29) is 0 Å². The van der Waals surface area contributed by atoms with E-state index in [2.05, 4.69) is 0 Å². The Labute approximate surface area is 41.4 Å². The Bertz CT molecular complexity index is 34.8. The topological polar surface area (TPSA) is 0 Å². The maximum Gasteiger partial charge on any atom is 0.0708 e. The zero-order chi connectivity index (χ0) is 4.83. The minimum Gasteiger partial charge on any atom is -0.0979 e. The fourth-order valence-electron chi connectivity index (χ4n) is 0.192. The quantitative estimate of drug-likeness (QED) is 0.335.